The Bertz CT molecular complexity index is 467. The minimum atomic E-state index is -0.902. The molecular weight excluding hydrogens is 259 g/mol. The lowest BCUT2D eigenvalue weighted by atomic mass is 10.1. The Morgan fingerprint density at radius 3 is 2.53 bits per heavy atom. The molecule has 0 saturated heterocycles. The van der Waals surface area contributed by atoms with Crippen molar-refractivity contribution in [3.8, 4) is 0 Å². The zero-order chi connectivity index (χ0) is 12.8. The average Bonchev–Trinajstić information content (AvgIpc) is 2.60. The van der Waals surface area contributed by atoms with Crippen LogP contribution >= 0.6 is 23.2 Å². The molecule has 0 bridgehead atoms. The molecule has 1 saturated carbocycles. The van der Waals surface area contributed by atoms with Gasteiger partial charge in [-0.2, -0.15) is 0 Å². The molecule has 1 aromatic heterocycles. The first-order valence-corrected chi connectivity index (χ1v) is 6.31. The van der Waals surface area contributed by atoms with Gasteiger partial charge >= 0.3 is 0 Å². The van der Waals surface area contributed by atoms with Gasteiger partial charge in [-0.3, -0.25) is 4.79 Å². The van der Waals surface area contributed by atoms with Crippen molar-refractivity contribution in [3.63, 3.8) is 0 Å². The minimum Gasteiger partial charge on any atom is -0.350 e. The van der Waals surface area contributed by atoms with E-state index in [2.05, 4.69) is 5.32 Å². The summed E-state index contributed by atoms with van der Waals surface area (Å²) in [6.07, 6.45) is 0.515. The lowest BCUT2D eigenvalue weighted by molar-refractivity contribution is -0.126. The number of halogens is 2. The van der Waals surface area contributed by atoms with Crippen LogP contribution in [-0.4, -0.2) is 14.8 Å². The van der Waals surface area contributed by atoms with Crippen molar-refractivity contribution in [1.82, 2.24) is 9.88 Å². The predicted molar refractivity (Wildman–Crippen MR) is 69.2 cm³/mol. The first-order valence-electron chi connectivity index (χ1n) is 5.55. The number of nitrogens with one attached hydrogen (secondary N) is 1. The standard InChI is InChI=1S/C12H16Cl2N2O/c1-8-4-5-9(16(8)3)6-15-10(17)11(2)7-12(11,13)14/h4-5H,6-7H2,1-3H3,(H,15,17)/t11-/m0/s1. The van der Waals surface area contributed by atoms with Gasteiger partial charge in [0.05, 0.1) is 12.0 Å². The Labute approximate surface area is 111 Å². The fraction of sp³-hybridized carbons (Fsp3) is 0.583. The Balaban J connectivity index is 1.96. The summed E-state index contributed by atoms with van der Waals surface area (Å²) in [7, 11) is 1.98. The van der Waals surface area contributed by atoms with Crippen LogP contribution in [0.3, 0.4) is 0 Å². The third kappa shape index (κ3) is 2.06. The van der Waals surface area contributed by atoms with Crippen LogP contribution in [-0.2, 0) is 18.4 Å². The van der Waals surface area contributed by atoms with Crippen molar-refractivity contribution in [1.29, 1.82) is 0 Å². The van der Waals surface area contributed by atoms with E-state index in [0.29, 0.717) is 13.0 Å². The van der Waals surface area contributed by atoms with Gasteiger partial charge in [-0.25, -0.2) is 0 Å². The van der Waals surface area contributed by atoms with E-state index in [4.69, 9.17) is 23.2 Å². The van der Waals surface area contributed by atoms with Gasteiger partial charge in [0.15, 0.2) is 0 Å². The summed E-state index contributed by atoms with van der Waals surface area (Å²) in [5.41, 5.74) is 1.59. The number of carbonyl (C=O) groups is 1. The SMILES string of the molecule is Cc1ccc(CNC(=O)[C@]2(C)CC2(Cl)Cl)n1C. The van der Waals surface area contributed by atoms with E-state index in [0.717, 1.165) is 11.4 Å². The first kappa shape index (κ1) is 12.8. The van der Waals surface area contributed by atoms with E-state index in [1.807, 2.05) is 30.7 Å². The van der Waals surface area contributed by atoms with Gasteiger partial charge in [0.1, 0.15) is 4.33 Å². The molecule has 1 N–H and O–H groups in total. The molecule has 0 aliphatic heterocycles. The van der Waals surface area contributed by atoms with E-state index in [-0.39, 0.29) is 5.91 Å². The quantitative estimate of drug-likeness (QED) is 0.845. The minimum absolute atomic E-state index is 0.0821. The van der Waals surface area contributed by atoms with Crippen LogP contribution in [0.1, 0.15) is 24.7 Å². The second kappa shape index (κ2) is 3.92. The smallest absolute Gasteiger partial charge is 0.229 e. The molecule has 0 unspecified atom stereocenters. The molecule has 1 aliphatic rings. The third-order valence-corrected chi connectivity index (χ3v) is 4.77. The topological polar surface area (TPSA) is 34.0 Å². The van der Waals surface area contributed by atoms with Gasteiger partial charge in [-0.1, -0.05) is 0 Å². The van der Waals surface area contributed by atoms with Crippen LogP contribution in [0.4, 0.5) is 0 Å². The number of aryl methyl sites for hydroxylation is 1. The molecule has 3 nitrogen and oxygen atoms in total. The van der Waals surface area contributed by atoms with Crippen LogP contribution in [0.15, 0.2) is 12.1 Å². The maximum atomic E-state index is 11.9. The Morgan fingerprint density at radius 1 is 1.53 bits per heavy atom. The summed E-state index contributed by atoms with van der Waals surface area (Å²) in [5, 5.41) is 2.88. The van der Waals surface area contributed by atoms with Crippen LogP contribution < -0.4 is 5.32 Å². The summed E-state index contributed by atoms with van der Waals surface area (Å²) in [6.45, 7) is 4.32. The lowest BCUT2D eigenvalue weighted by Gasteiger charge is -2.13. The van der Waals surface area contributed by atoms with Gasteiger partial charge in [0.2, 0.25) is 5.91 Å². The fourth-order valence-corrected chi connectivity index (χ4v) is 2.56. The molecule has 1 fully saturated rings. The summed E-state index contributed by atoms with van der Waals surface area (Å²) in [5.74, 6) is -0.0821. The zero-order valence-corrected chi connectivity index (χ0v) is 11.7. The Hall–Kier alpha value is -0.670. The van der Waals surface area contributed by atoms with Crippen molar-refractivity contribution < 1.29 is 4.79 Å². The molecule has 1 aliphatic carbocycles. The number of aromatic nitrogens is 1. The molecule has 17 heavy (non-hydrogen) atoms. The molecule has 1 heterocycles. The molecule has 0 spiro atoms. The van der Waals surface area contributed by atoms with Gasteiger partial charge < -0.3 is 9.88 Å². The normalized spacial score (nSPS) is 25.7. The highest BCUT2D eigenvalue weighted by Crippen LogP contribution is 2.63. The third-order valence-electron chi connectivity index (χ3n) is 3.67. The fourth-order valence-electron chi connectivity index (χ4n) is 1.86. The summed E-state index contributed by atoms with van der Waals surface area (Å²) in [6, 6.07) is 4.02. The van der Waals surface area contributed by atoms with E-state index >= 15 is 0 Å². The van der Waals surface area contributed by atoms with Gasteiger partial charge in [-0.15, -0.1) is 23.2 Å². The lowest BCUT2D eigenvalue weighted by Crippen LogP contribution is -2.33. The zero-order valence-electron chi connectivity index (χ0n) is 10.2. The maximum Gasteiger partial charge on any atom is 0.229 e. The second-order valence-electron chi connectivity index (χ2n) is 4.92. The first-order chi connectivity index (χ1) is 7.78. The highest BCUT2D eigenvalue weighted by Gasteiger charge is 2.67. The average molecular weight is 275 g/mol. The summed E-state index contributed by atoms with van der Waals surface area (Å²) >= 11 is 11.9. The number of rotatable bonds is 3. The van der Waals surface area contributed by atoms with E-state index in [1.165, 1.54) is 0 Å². The summed E-state index contributed by atoms with van der Waals surface area (Å²) < 4.78 is 1.14. The highest BCUT2D eigenvalue weighted by atomic mass is 35.5. The number of alkyl halides is 2. The monoisotopic (exact) mass is 274 g/mol. The van der Waals surface area contributed by atoms with Crippen LogP contribution in [0, 0.1) is 12.3 Å². The molecule has 5 heteroatoms. The van der Waals surface area contributed by atoms with Crippen molar-refractivity contribution in [3.05, 3.63) is 23.5 Å². The second-order valence-corrected chi connectivity index (χ2v) is 6.40. The molecule has 0 radical (unpaired) electrons. The number of hydrogen-bond donors (Lipinski definition) is 1. The molecule has 1 aromatic rings. The van der Waals surface area contributed by atoms with Crippen molar-refractivity contribution >= 4 is 29.1 Å². The van der Waals surface area contributed by atoms with Gasteiger partial charge in [0.25, 0.3) is 0 Å². The van der Waals surface area contributed by atoms with Crippen LogP contribution in [0.25, 0.3) is 0 Å². The van der Waals surface area contributed by atoms with Crippen molar-refractivity contribution in [2.45, 2.75) is 31.1 Å². The molecule has 94 valence electrons. The largest absolute Gasteiger partial charge is 0.350 e. The maximum absolute atomic E-state index is 11.9. The van der Waals surface area contributed by atoms with Crippen LogP contribution in [0.5, 0.6) is 0 Å². The van der Waals surface area contributed by atoms with Gasteiger partial charge in [0, 0.05) is 18.4 Å². The van der Waals surface area contributed by atoms with Crippen molar-refractivity contribution in [2.75, 3.05) is 0 Å². The van der Waals surface area contributed by atoms with E-state index in [1.54, 1.807) is 6.92 Å². The molecule has 1 amide bonds. The molecular formula is C12H16Cl2N2O. The van der Waals surface area contributed by atoms with E-state index < -0.39 is 9.75 Å². The Morgan fingerprint density at radius 2 is 2.12 bits per heavy atom. The predicted octanol–water partition coefficient (Wildman–Crippen LogP) is 2.53. The van der Waals surface area contributed by atoms with Crippen molar-refractivity contribution in [2.24, 2.45) is 12.5 Å². The van der Waals surface area contributed by atoms with Crippen LogP contribution in [0.2, 0.25) is 0 Å². The molecule has 1 atom stereocenters. The number of nitrogens with zero attached hydrogens (tertiary/aromatic N) is 1. The molecule has 0 aromatic carbocycles. The number of amides is 1. The van der Waals surface area contributed by atoms with E-state index in [9.17, 15) is 4.79 Å². The summed E-state index contributed by atoms with van der Waals surface area (Å²) in [4.78, 5) is 11.9. The Kier molecular flexibility index (Phi) is 2.95. The number of carbonyl (C=O) groups excluding carboxylic acids is 1. The number of hydrogen-bond acceptors (Lipinski definition) is 1. The van der Waals surface area contributed by atoms with Gasteiger partial charge in [-0.05, 0) is 32.4 Å². The molecule has 2 rings (SSSR count). The highest BCUT2D eigenvalue weighted by molar-refractivity contribution is 6.53.